The fourth-order valence-corrected chi connectivity index (χ4v) is 0.604. The molecule has 16 heavy (non-hydrogen) atoms. The molecule has 1 atom stereocenters. The first-order valence-electron chi connectivity index (χ1n) is 3.62. The highest BCUT2D eigenvalue weighted by Gasteiger charge is 2.50. The topological polar surface area (TPSA) is 26.3 Å². The first-order chi connectivity index (χ1) is 6.96. The standard InChI is InChI=1S/C7H5ClF6O2/c1-3(8)5(15)16-7(13,14)4(9)2-6(10,11)12/h4H,1-2H2. The van der Waals surface area contributed by atoms with Gasteiger partial charge in [-0.25, -0.2) is 9.18 Å². The summed E-state index contributed by atoms with van der Waals surface area (Å²) in [6, 6.07) is 0. The van der Waals surface area contributed by atoms with Crippen molar-refractivity contribution in [3.63, 3.8) is 0 Å². The molecule has 1 unspecified atom stereocenters. The number of halogens is 7. The number of rotatable bonds is 4. The van der Waals surface area contributed by atoms with Gasteiger partial charge in [-0.05, 0) is 0 Å². The SMILES string of the molecule is C=C(Cl)C(=O)OC(F)(F)C(F)CC(F)(F)F. The van der Waals surface area contributed by atoms with Crippen molar-refractivity contribution in [3.8, 4) is 0 Å². The second-order valence-electron chi connectivity index (χ2n) is 2.64. The Morgan fingerprint density at radius 3 is 2.06 bits per heavy atom. The number of esters is 1. The van der Waals surface area contributed by atoms with E-state index in [0.717, 1.165) is 0 Å². The Balaban J connectivity index is 4.54. The van der Waals surface area contributed by atoms with Crippen LogP contribution >= 0.6 is 11.6 Å². The Labute approximate surface area is 90.8 Å². The lowest BCUT2D eigenvalue weighted by molar-refractivity contribution is -0.274. The lowest BCUT2D eigenvalue weighted by Crippen LogP contribution is -2.38. The van der Waals surface area contributed by atoms with Crippen molar-refractivity contribution in [1.82, 2.24) is 0 Å². The normalized spacial score (nSPS) is 14.4. The molecule has 0 amide bonds. The van der Waals surface area contributed by atoms with Crippen LogP contribution in [0.2, 0.25) is 0 Å². The van der Waals surface area contributed by atoms with Crippen LogP contribution < -0.4 is 0 Å². The lowest BCUT2D eigenvalue weighted by atomic mass is 10.2. The second kappa shape index (κ2) is 4.94. The third-order valence-corrected chi connectivity index (χ3v) is 1.38. The molecule has 0 saturated heterocycles. The molecule has 9 heteroatoms. The Morgan fingerprint density at radius 2 is 1.75 bits per heavy atom. The number of ether oxygens (including phenoxy) is 1. The summed E-state index contributed by atoms with van der Waals surface area (Å²) in [5, 5.41) is -1.00. The van der Waals surface area contributed by atoms with Crippen LogP contribution in [-0.2, 0) is 9.53 Å². The van der Waals surface area contributed by atoms with Crippen molar-refractivity contribution < 1.29 is 35.9 Å². The maximum absolute atomic E-state index is 12.5. The molecule has 0 radical (unpaired) electrons. The van der Waals surface area contributed by atoms with Crippen molar-refractivity contribution in [3.05, 3.63) is 11.6 Å². The van der Waals surface area contributed by atoms with Gasteiger partial charge in [-0.1, -0.05) is 18.2 Å². The highest BCUT2D eigenvalue weighted by atomic mass is 35.5. The van der Waals surface area contributed by atoms with E-state index in [1.54, 1.807) is 0 Å². The van der Waals surface area contributed by atoms with Gasteiger partial charge in [-0.15, -0.1) is 0 Å². The molecule has 0 saturated carbocycles. The minimum Gasteiger partial charge on any atom is -0.394 e. The van der Waals surface area contributed by atoms with E-state index >= 15 is 0 Å². The minimum absolute atomic E-state index is 1.00. The largest absolute Gasteiger partial charge is 0.432 e. The predicted molar refractivity (Wildman–Crippen MR) is 41.6 cm³/mol. The van der Waals surface area contributed by atoms with E-state index in [-0.39, 0.29) is 0 Å². The highest BCUT2D eigenvalue weighted by Crippen LogP contribution is 2.33. The van der Waals surface area contributed by atoms with Gasteiger partial charge >= 0.3 is 18.3 Å². The summed E-state index contributed by atoms with van der Waals surface area (Å²) >= 11 is 4.83. The Hall–Kier alpha value is -0.920. The van der Waals surface area contributed by atoms with Gasteiger partial charge in [0.2, 0.25) is 6.17 Å². The van der Waals surface area contributed by atoms with E-state index < -0.39 is 35.9 Å². The van der Waals surface area contributed by atoms with E-state index in [0.29, 0.717) is 0 Å². The summed E-state index contributed by atoms with van der Waals surface area (Å²) in [6.45, 7) is 2.69. The summed E-state index contributed by atoms with van der Waals surface area (Å²) in [7, 11) is 0. The zero-order valence-corrected chi connectivity index (χ0v) is 8.21. The van der Waals surface area contributed by atoms with Crippen LogP contribution in [0.3, 0.4) is 0 Å². The zero-order valence-electron chi connectivity index (χ0n) is 7.45. The third kappa shape index (κ3) is 5.24. The summed E-state index contributed by atoms with van der Waals surface area (Å²) in [6.07, 6.45) is -16.2. The van der Waals surface area contributed by atoms with Crippen molar-refractivity contribution in [2.45, 2.75) is 24.9 Å². The van der Waals surface area contributed by atoms with Gasteiger partial charge in [0.1, 0.15) is 5.03 Å². The third-order valence-electron chi connectivity index (χ3n) is 1.23. The van der Waals surface area contributed by atoms with Gasteiger partial charge in [0, 0.05) is 0 Å². The lowest BCUT2D eigenvalue weighted by Gasteiger charge is -2.20. The maximum Gasteiger partial charge on any atom is 0.432 e. The molecule has 0 aliphatic heterocycles. The van der Waals surface area contributed by atoms with Gasteiger partial charge in [0.15, 0.2) is 0 Å². The first kappa shape index (κ1) is 15.1. The molecule has 94 valence electrons. The molecular weight excluding hydrogens is 266 g/mol. The number of hydrogen-bond acceptors (Lipinski definition) is 2. The van der Waals surface area contributed by atoms with E-state index in [9.17, 15) is 31.1 Å². The monoisotopic (exact) mass is 270 g/mol. The summed E-state index contributed by atoms with van der Waals surface area (Å²) in [5.74, 6) is -1.89. The molecule has 0 rings (SSSR count). The van der Waals surface area contributed by atoms with Gasteiger partial charge < -0.3 is 4.74 Å². The van der Waals surface area contributed by atoms with E-state index in [1.165, 1.54) is 0 Å². The molecule has 0 aliphatic carbocycles. The van der Waals surface area contributed by atoms with Crippen molar-refractivity contribution in [2.75, 3.05) is 0 Å². The van der Waals surface area contributed by atoms with Crippen LogP contribution in [0, 0.1) is 0 Å². The summed E-state index contributed by atoms with van der Waals surface area (Å²) in [4.78, 5) is 10.4. The van der Waals surface area contributed by atoms with E-state index in [2.05, 4.69) is 11.3 Å². The van der Waals surface area contributed by atoms with Crippen LogP contribution in [0.1, 0.15) is 6.42 Å². The van der Waals surface area contributed by atoms with Gasteiger partial charge in [0.05, 0.1) is 6.42 Å². The molecule has 0 bridgehead atoms. The molecule has 0 aliphatic rings. The minimum atomic E-state index is -5.15. The molecule has 0 heterocycles. The Bertz CT molecular complexity index is 287. The average Bonchev–Trinajstić information content (AvgIpc) is 1.99. The molecule has 0 aromatic rings. The summed E-state index contributed by atoms with van der Waals surface area (Å²) < 4.78 is 75.4. The number of carbonyl (C=O) groups excluding carboxylic acids is 1. The van der Waals surface area contributed by atoms with Crippen LogP contribution in [0.5, 0.6) is 0 Å². The quantitative estimate of drug-likeness (QED) is 0.446. The van der Waals surface area contributed by atoms with Gasteiger partial charge in [-0.2, -0.15) is 22.0 Å². The van der Waals surface area contributed by atoms with E-state index in [4.69, 9.17) is 11.6 Å². The molecule has 0 fully saturated rings. The zero-order chi connectivity index (χ0) is 13.1. The van der Waals surface area contributed by atoms with Crippen LogP contribution in [-0.4, -0.2) is 24.4 Å². The summed E-state index contributed by atoms with van der Waals surface area (Å²) in [5.41, 5.74) is 0. The number of carbonyl (C=O) groups is 1. The molecule has 2 nitrogen and oxygen atoms in total. The van der Waals surface area contributed by atoms with Gasteiger partial charge in [0.25, 0.3) is 0 Å². The van der Waals surface area contributed by atoms with Gasteiger partial charge in [-0.3, -0.25) is 0 Å². The molecule has 0 spiro atoms. The van der Waals surface area contributed by atoms with Crippen molar-refractivity contribution >= 4 is 17.6 Å². The molecule has 0 N–H and O–H groups in total. The Kier molecular flexibility index (Phi) is 4.66. The highest BCUT2D eigenvalue weighted by molar-refractivity contribution is 6.40. The van der Waals surface area contributed by atoms with Crippen LogP contribution in [0.25, 0.3) is 0 Å². The van der Waals surface area contributed by atoms with Crippen LogP contribution in [0.4, 0.5) is 26.3 Å². The van der Waals surface area contributed by atoms with Crippen molar-refractivity contribution in [1.29, 1.82) is 0 Å². The number of alkyl halides is 6. The predicted octanol–water partition coefficient (Wildman–Crippen LogP) is 3.17. The van der Waals surface area contributed by atoms with Crippen molar-refractivity contribution in [2.24, 2.45) is 0 Å². The Morgan fingerprint density at radius 1 is 1.31 bits per heavy atom. The maximum atomic E-state index is 12.5. The fraction of sp³-hybridized carbons (Fsp3) is 0.571. The number of hydrogen-bond donors (Lipinski definition) is 0. The molecular formula is C7H5ClF6O2. The average molecular weight is 271 g/mol. The second-order valence-corrected chi connectivity index (χ2v) is 3.10. The first-order valence-corrected chi connectivity index (χ1v) is 4.00. The fourth-order valence-electron chi connectivity index (χ4n) is 0.565. The molecule has 0 aromatic heterocycles. The van der Waals surface area contributed by atoms with Crippen LogP contribution in [0.15, 0.2) is 11.6 Å². The van der Waals surface area contributed by atoms with E-state index in [1.807, 2.05) is 0 Å². The smallest absolute Gasteiger partial charge is 0.394 e. The molecule has 0 aromatic carbocycles.